The van der Waals surface area contributed by atoms with Gasteiger partial charge in [0.25, 0.3) is 0 Å². The Hall–Kier alpha value is -0.870. The normalized spacial score (nSPS) is 11.3. The summed E-state index contributed by atoms with van der Waals surface area (Å²) in [6.07, 6.45) is 2.59. The number of carbonyl (C=O) groups is 1. The van der Waals surface area contributed by atoms with Gasteiger partial charge in [0.15, 0.2) is 9.84 Å². The summed E-state index contributed by atoms with van der Waals surface area (Å²) in [6, 6.07) is 4.58. The van der Waals surface area contributed by atoms with Gasteiger partial charge in [0.2, 0.25) is 0 Å². The molecule has 3 nitrogen and oxygen atoms in total. The smallest absolute Gasteiger partial charge is 0.175 e. The van der Waals surface area contributed by atoms with Gasteiger partial charge in [-0.05, 0) is 30.2 Å². The molecular weight excluding hydrogens is 236 g/mol. The molecule has 0 amide bonds. The molecule has 82 valence electrons. The Labute approximate surface area is 94.0 Å². The topological polar surface area (TPSA) is 51.2 Å². The third-order valence-electron chi connectivity index (χ3n) is 1.95. The minimum absolute atomic E-state index is 0.244. The van der Waals surface area contributed by atoms with E-state index in [9.17, 15) is 13.2 Å². The van der Waals surface area contributed by atoms with Crippen LogP contribution in [0, 0.1) is 0 Å². The van der Waals surface area contributed by atoms with Gasteiger partial charge in [-0.25, -0.2) is 8.42 Å². The van der Waals surface area contributed by atoms with Crippen molar-refractivity contribution in [2.24, 2.45) is 0 Å². The zero-order chi connectivity index (χ0) is 11.5. The van der Waals surface area contributed by atoms with Crippen molar-refractivity contribution in [3.8, 4) is 0 Å². The molecule has 0 atom stereocenters. The van der Waals surface area contributed by atoms with Gasteiger partial charge in [-0.15, -0.1) is 0 Å². The number of rotatable bonds is 4. The Morgan fingerprint density at radius 3 is 2.60 bits per heavy atom. The molecule has 15 heavy (non-hydrogen) atoms. The average Bonchev–Trinajstić information content (AvgIpc) is 2.12. The molecule has 0 N–H and O–H groups in total. The van der Waals surface area contributed by atoms with Gasteiger partial charge in [0, 0.05) is 17.7 Å². The quantitative estimate of drug-likeness (QED) is 0.763. The maximum atomic E-state index is 11.4. The molecular formula is C10H11ClO3S. The van der Waals surface area contributed by atoms with E-state index in [2.05, 4.69) is 0 Å². The van der Waals surface area contributed by atoms with Crippen molar-refractivity contribution in [1.82, 2.24) is 0 Å². The van der Waals surface area contributed by atoms with Crippen molar-refractivity contribution in [2.75, 3.05) is 6.26 Å². The lowest BCUT2D eigenvalue weighted by Gasteiger charge is -2.06. The number of aldehydes is 1. The van der Waals surface area contributed by atoms with Crippen LogP contribution in [0.5, 0.6) is 0 Å². The van der Waals surface area contributed by atoms with Crippen molar-refractivity contribution < 1.29 is 13.2 Å². The van der Waals surface area contributed by atoms with Crippen LogP contribution in [-0.4, -0.2) is 21.0 Å². The third-order valence-corrected chi connectivity index (χ3v) is 3.39. The zero-order valence-corrected chi connectivity index (χ0v) is 9.81. The monoisotopic (exact) mass is 246 g/mol. The highest BCUT2D eigenvalue weighted by atomic mass is 35.5. The zero-order valence-electron chi connectivity index (χ0n) is 8.23. The minimum Gasteiger partial charge on any atom is -0.303 e. The number of hydrogen-bond donors (Lipinski definition) is 0. The Morgan fingerprint density at radius 2 is 2.07 bits per heavy atom. The van der Waals surface area contributed by atoms with Crippen LogP contribution in [0.2, 0.25) is 5.02 Å². The van der Waals surface area contributed by atoms with Crippen LogP contribution in [0.15, 0.2) is 23.1 Å². The van der Waals surface area contributed by atoms with E-state index in [1.807, 2.05) is 0 Å². The minimum atomic E-state index is -3.26. The summed E-state index contributed by atoms with van der Waals surface area (Å²) in [4.78, 5) is 10.5. The van der Waals surface area contributed by atoms with Crippen LogP contribution in [-0.2, 0) is 21.1 Å². The van der Waals surface area contributed by atoms with E-state index in [1.54, 1.807) is 6.07 Å². The SMILES string of the molecule is CS(=O)(=O)c1ccc(Cl)cc1CCC=O. The Balaban J connectivity index is 3.20. The van der Waals surface area contributed by atoms with Crippen molar-refractivity contribution in [3.63, 3.8) is 0 Å². The molecule has 0 heterocycles. The molecule has 0 unspecified atom stereocenters. The molecule has 1 aromatic carbocycles. The van der Waals surface area contributed by atoms with Gasteiger partial charge < -0.3 is 4.79 Å². The molecule has 0 aliphatic carbocycles. The van der Waals surface area contributed by atoms with Crippen molar-refractivity contribution >= 4 is 27.7 Å². The standard InChI is InChI=1S/C10H11ClO3S/c1-15(13,14)10-5-4-9(11)7-8(10)3-2-6-12/h4-7H,2-3H2,1H3. The van der Waals surface area contributed by atoms with Crippen LogP contribution in [0.25, 0.3) is 0 Å². The highest BCUT2D eigenvalue weighted by Gasteiger charge is 2.12. The van der Waals surface area contributed by atoms with E-state index < -0.39 is 9.84 Å². The molecule has 0 saturated heterocycles. The van der Waals surface area contributed by atoms with E-state index in [0.29, 0.717) is 23.4 Å². The number of carbonyl (C=O) groups excluding carboxylic acids is 1. The van der Waals surface area contributed by atoms with Crippen LogP contribution >= 0.6 is 11.6 Å². The van der Waals surface area contributed by atoms with Gasteiger partial charge in [-0.1, -0.05) is 11.6 Å². The summed E-state index contributed by atoms with van der Waals surface area (Å²) in [5, 5.41) is 0.475. The average molecular weight is 247 g/mol. The summed E-state index contributed by atoms with van der Waals surface area (Å²) in [7, 11) is -3.26. The van der Waals surface area contributed by atoms with E-state index in [4.69, 9.17) is 11.6 Å². The van der Waals surface area contributed by atoms with Gasteiger partial charge >= 0.3 is 0 Å². The second-order valence-electron chi connectivity index (χ2n) is 3.23. The van der Waals surface area contributed by atoms with Crippen LogP contribution in [0.4, 0.5) is 0 Å². The maximum absolute atomic E-state index is 11.4. The Kier molecular flexibility index (Phi) is 3.88. The largest absolute Gasteiger partial charge is 0.303 e. The second kappa shape index (κ2) is 4.77. The van der Waals surface area contributed by atoms with Gasteiger partial charge in [-0.3, -0.25) is 0 Å². The Bertz CT molecular complexity index is 466. The summed E-state index contributed by atoms with van der Waals surface area (Å²) in [5.41, 5.74) is 0.595. The second-order valence-corrected chi connectivity index (χ2v) is 5.65. The molecule has 5 heteroatoms. The lowest BCUT2D eigenvalue weighted by molar-refractivity contribution is -0.107. The van der Waals surface area contributed by atoms with Gasteiger partial charge in [-0.2, -0.15) is 0 Å². The van der Waals surface area contributed by atoms with E-state index in [-0.39, 0.29) is 4.90 Å². The van der Waals surface area contributed by atoms with Crippen molar-refractivity contribution in [3.05, 3.63) is 28.8 Å². The first-order valence-corrected chi connectivity index (χ1v) is 6.64. The Morgan fingerprint density at radius 1 is 1.40 bits per heavy atom. The van der Waals surface area contributed by atoms with Crippen LogP contribution in [0.3, 0.4) is 0 Å². The number of halogens is 1. The fourth-order valence-corrected chi connectivity index (χ4v) is 2.47. The molecule has 0 fully saturated rings. The molecule has 1 aromatic rings. The fraction of sp³-hybridized carbons (Fsp3) is 0.300. The highest BCUT2D eigenvalue weighted by molar-refractivity contribution is 7.90. The molecule has 0 aliphatic heterocycles. The molecule has 0 radical (unpaired) electrons. The lowest BCUT2D eigenvalue weighted by Crippen LogP contribution is -2.02. The lowest BCUT2D eigenvalue weighted by atomic mass is 10.1. The van der Waals surface area contributed by atoms with E-state index in [1.165, 1.54) is 12.1 Å². The summed E-state index contributed by atoms with van der Waals surface area (Å²) < 4.78 is 22.8. The number of hydrogen-bond acceptors (Lipinski definition) is 3. The summed E-state index contributed by atoms with van der Waals surface area (Å²) in [5.74, 6) is 0. The summed E-state index contributed by atoms with van der Waals surface area (Å²) >= 11 is 5.76. The first-order valence-electron chi connectivity index (χ1n) is 4.37. The van der Waals surface area contributed by atoms with E-state index >= 15 is 0 Å². The van der Waals surface area contributed by atoms with Crippen LogP contribution in [0.1, 0.15) is 12.0 Å². The first kappa shape index (κ1) is 12.2. The summed E-state index contributed by atoms with van der Waals surface area (Å²) in [6.45, 7) is 0. The maximum Gasteiger partial charge on any atom is 0.175 e. The first-order chi connectivity index (χ1) is 6.95. The van der Waals surface area contributed by atoms with E-state index in [0.717, 1.165) is 12.5 Å². The fourth-order valence-electron chi connectivity index (χ4n) is 1.32. The van der Waals surface area contributed by atoms with Crippen LogP contribution < -0.4 is 0 Å². The molecule has 0 aromatic heterocycles. The highest BCUT2D eigenvalue weighted by Crippen LogP contribution is 2.21. The molecule has 0 aliphatic rings. The van der Waals surface area contributed by atoms with Crippen molar-refractivity contribution in [1.29, 1.82) is 0 Å². The third kappa shape index (κ3) is 3.32. The van der Waals surface area contributed by atoms with Crippen molar-refractivity contribution in [2.45, 2.75) is 17.7 Å². The molecule has 1 rings (SSSR count). The molecule has 0 saturated carbocycles. The predicted molar refractivity (Wildman–Crippen MR) is 58.9 cm³/mol. The number of aryl methyl sites for hydroxylation is 1. The number of benzene rings is 1. The molecule has 0 bridgehead atoms. The predicted octanol–water partition coefficient (Wildman–Crippen LogP) is 1.88. The number of sulfone groups is 1. The van der Waals surface area contributed by atoms with Gasteiger partial charge in [0.05, 0.1) is 4.90 Å². The molecule has 0 spiro atoms. The van der Waals surface area contributed by atoms with Gasteiger partial charge in [0.1, 0.15) is 6.29 Å².